The van der Waals surface area contributed by atoms with Crippen LogP contribution in [0, 0.1) is 3.57 Å². The van der Waals surface area contributed by atoms with Crippen LogP contribution in [0.25, 0.3) is 6.08 Å². The summed E-state index contributed by atoms with van der Waals surface area (Å²) < 4.78 is 31.6. The summed E-state index contributed by atoms with van der Waals surface area (Å²) in [4.78, 5) is 32.6. The van der Waals surface area contributed by atoms with Crippen molar-refractivity contribution in [3.63, 3.8) is 0 Å². The zero-order chi connectivity index (χ0) is 30.7. The largest absolute Gasteiger partial charge is 0.493 e. The van der Waals surface area contributed by atoms with Crippen LogP contribution in [0.5, 0.6) is 23.0 Å². The summed E-state index contributed by atoms with van der Waals surface area (Å²) in [6, 6.07) is 8.43. The Kier molecular flexibility index (Phi) is 10.0. The lowest BCUT2D eigenvalue weighted by Crippen LogP contribution is -2.40. The predicted octanol–water partition coefficient (Wildman–Crippen LogP) is 4.99. The molecule has 1 aliphatic rings. The maximum Gasteiger partial charge on any atom is 0.338 e. The highest BCUT2D eigenvalue weighted by Crippen LogP contribution is 2.37. The predicted molar refractivity (Wildman–Crippen MR) is 171 cm³/mol. The summed E-state index contributed by atoms with van der Waals surface area (Å²) in [5.41, 5.74) is 1.83. The zero-order valence-electron chi connectivity index (χ0n) is 24.9. The number of thiazole rings is 1. The Morgan fingerprint density at radius 2 is 1.74 bits per heavy atom. The van der Waals surface area contributed by atoms with E-state index < -0.39 is 12.0 Å². The van der Waals surface area contributed by atoms with E-state index in [0.717, 1.165) is 3.57 Å². The Bertz CT molecular complexity index is 1700. The van der Waals surface area contributed by atoms with Crippen molar-refractivity contribution in [2.75, 3.05) is 20.8 Å². The number of fused-ring (bicyclic) bond motifs is 1. The van der Waals surface area contributed by atoms with Crippen molar-refractivity contribution < 1.29 is 28.5 Å². The van der Waals surface area contributed by atoms with Gasteiger partial charge in [-0.2, -0.15) is 0 Å². The number of carbonyl (C=O) groups excluding carboxylic acids is 1. The zero-order valence-corrected chi connectivity index (χ0v) is 27.9. The molecule has 2 heterocycles. The van der Waals surface area contributed by atoms with Crippen molar-refractivity contribution in [2.45, 2.75) is 59.8 Å². The summed E-state index contributed by atoms with van der Waals surface area (Å²) in [6.07, 6.45) is 1.61. The van der Waals surface area contributed by atoms with Crippen molar-refractivity contribution in [2.24, 2.45) is 4.99 Å². The number of benzene rings is 2. The first kappa shape index (κ1) is 31.6. The monoisotopic (exact) mass is 706 g/mol. The number of ether oxygens (including phenoxy) is 5. The number of aromatic nitrogens is 1. The van der Waals surface area contributed by atoms with Gasteiger partial charge in [0.15, 0.2) is 27.8 Å². The Morgan fingerprint density at radius 1 is 1.05 bits per heavy atom. The minimum absolute atomic E-state index is 0.0658. The molecule has 0 N–H and O–H groups in total. The van der Waals surface area contributed by atoms with Crippen molar-refractivity contribution in [3.05, 3.63) is 76.0 Å². The molecule has 0 saturated heterocycles. The third-order valence-electron chi connectivity index (χ3n) is 6.29. The van der Waals surface area contributed by atoms with Gasteiger partial charge in [0, 0.05) is 9.13 Å². The van der Waals surface area contributed by atoms with Gasteiger partial charge in [-0.05, 0) is 100 Å². The fourth-order valence-electron chi connectivity index (χ4n) is 4.66. The lowest BCUT2D eigenvalue weighted by atomic mass is 9.95. The molecule has 0 saturated carbocycles. The molecule has 42 heavy (non-hydrogen) atoms. The van der Waals surface area contributed by atoms with Crippen LogP contribution < -0.4 is 33.8 Å². The molecule has 0 spiro atoms. The topological polar surface area (TPSA) is 97.6 Å². The SMILES string of the molecule is CCOC(=O)C1=C(C)N=c2s/c(=C/c3cc(I)cc(OC)c3OC(C)C)c(=O)n2[C@H]1c1ccc(OC(C)C)c(OC)c1. The normalized spacial score (nSPS) is 15.0. The van der Waals surface area contributed by atoms with Gasteiger partial charge in [-0.3, -0.25) is 9.36 Å². The number of allylic oxidation sites excluding steroid dienone is 1. The van der Waals surface area contributed by atoms with E-state index in [1.807, 2.05) is 45.9 Å². The molecule has 2 aromatic carbocycles. The van der Waals surface area contributed by atoms with Crippen LogP contribution in [0.1, 0.15) is 58.7 Å². The molecule has 0 fully saturated rings. The van der Waals surface area contributed by atoms with Gasteiger partial charge < -0.3 is 23.7 Å². The van der Waals surface area contributed by atoms with Gasteiger partial charge in [-0.1, -0.05) is 17.4 Å². The highest BCUT2D eigenvalue weighted by molar-refractivity contribution is 14.1. The third kappa shape index (κ3) is 6.51. The minimum atomic E-state index is -0.790. The van der Waals surface area contributed by atoms with Gasteiger partial charge in [0.05, 0.1) is 54.9 Å². The molecule has 0 radical (unpaired) electrons. The van der Waals surface area contributed by atoms with Gasteiger partial charge in [-0.25, -0.2) is 9.79 Å². The molecular formula is C31H35IN2O7S. The summed E-state index contributed by atoms with van der Waals surface area (Å²) in [7, 11) is 3.14. The average molecular weight is 707 g/mol. The summed E-state index contributed by atoms with van der Waals surface area (Å²) in [5, 5.41) is 0. The van der Waals surface area contributed by atoms with Crippen molar-refractivity contribution in [1.82, 2.24) is 4.57 Å². The quantitative estimate of drug-likeness (QED) is 0.217. The van der Waals surface area contributed by atoms with E-state index in [1.54, 1.807) is 50.8 Å². The van der Waals surface area contributed by atoms with Gasteiger partial charge in [0.1, 0.15) is 0 Å². The highest BCUT2D eigenvalue weighted by Gasteiger charge is 2.34. The summed E-state index contributed by atoms with van der Waals surface area (Å²) >= 11 is 3.45. The number of esters is 1. The Balaban J connectivity index is 1.98. The van der Waals surface area contributed by atoms with E-state index in [-0.39, 0.29) is 29.9 Å². The van der Waals surface area contributed by atoms with Crippen LogP contribution in [0.3, 0.4) is 0 Å². The second-order valence-electron chi connectivity index (χ2n) is 10.1. The second-order valence-corrected chi connectivity index (χ2v) is 12.3. The van der Waals surface area contributed by atoms with Gasteiger partial charge in [0.2, 0.25) is 0 Å². The lowest BCUT2D eigenvalue weighted by Gasteiger charge is -2.25. The number of halogens is 1. The van der Waals surface area contributed by atoms with E-state index >= 15 is 0 Å². The molecular weight excluding hydrogens is 671 g/mol. The van der Waals surface area contributed by atoms with Crippen molar-refractivity contribution in [1.29, 1.82) is 0 Å². The first-order chi connectivity index (χ1) is 20.0. The highest BCUT2D eigenvalue weighted by atomic mass is 127. The molecule has 3 aromatic rings. The molecule has 1 aromatic heterocycles. The Hall–Kier alpha value is -3.32. The average Bonchev–Trinajstić information content (AvgIpc) is 3.22. The maximum atomic E-state index is 14.2. The molecule has 1 atom stereocenters. The maximum absolute atomic E-state index is 14.2. The number of nitrogens with zero attached hydrogens (tertiary/aromatic N) is 2. The van der Waals surface area contributed by atoms with Crippen LogP contribution in [-0.2, 0) is 9.53 Å². The molecule has 0 amide bonds. The van der Waals surface area contributed by atoms with Crippen molar-refractivity contribution in [3.8, 4) is 23.0 Å². The molecule has 0 unspecified atom stereocenters. The number of hydrogen-bond acceptors (Lipinski definition) is 9. The van der Waals surface area contributed by atoms with Crippen LogP contribution in [-0.4, -0.2) is 43.6 Å². The van der Waals surface area contributed by atoms with E-state index in [2.05, 4.69) is 27.6 Å². The van der Waals surface area contributed by atoms with E-state index in [4.69, 9.17) is 23.7 Å². The van der Waals surface area contributed by atoms with Crippen LogP contribution in [0.2, 0.25) is 0 Å². The molecule has 0 aliphatic carbocycles. The molecule has 11 heteroatoms. The Labute approximate surface area is 262 Å². The first-order valence-corrected chi connectivity index (χ1v) is 15.5. The van der Waals surface area contributed by atoms with Crippen molar-refractivity contribution >= 4 is 46.0 Å². The number of rotatable bonds is 10. The fraction of sp³-hybridized carbons (Fsp3) is 0.387. The molecule has 0 bridgehead atoms. The Morgan fingerprint density at radius 3 is 2.36 bits per heavy atom. The lowest BCUT2D eigenvalue weighted by molar-refractivity contribution is -0.139. The van der Waals surface area contributed by atoms with Crippen LogP contribution in [0.4, 0.5) is 0 Å². The number of carbonyl (C=O) groups is 1. The first-order valence-electron chi connectivity index (χ1n) is 13.6. The van der Waals surface area contributed by atoms with E-state index in [1.165, 1.54) is 11.3 Å². The van der Waals surface area contributed by atoms with E-state index in [9.17, 15) is 9.59 Å². The molecule has 224 valence electrons. The smallest absolute Gasteiger partial charge is 0.338 e. The van der Waals surface area contributed by atoms with Crippen LogP contribution in [0.15, 0.2) is 51.4 Å². The van der Waals surface area contributed by atoms with Gasteiger partial charge >= 0.3 is 5.97 Å². The second kappa shape index (κ2) is 13.3. The molecule has 9 nitrogen and oxygen atoms in total. The van der Waals surface area contributed by atoms with E-state index in [0.29, 0.717) is 49.2 Å². The van der Waals surface area contributed by atoms with Gasteiger partial charge in [0.25, 0.3) is 5.56 Å². The molecule has 4 rings (SSSR count). The fourth-order valence-corrected chi connectivity index (χ4v) is 6.32. The third-order valence-corrected chi connectivity index (χ3v) is 7.90. The summed E-state index contributed by atoms with van der Waals surface area (Å²) in [6.45, 7) is 11.4. The van der Waals surface area contributed by atoms with Crippen LogP contribution >= 0.6 is 33.9 Å². The number of hydrogen-bond donors (Lipinski definition) is 0. The summed E-state index contributed by atoms with van der Waals surface area (Å²) in [5.74, 6) is 1.64. The standard InChI is InChI=1S/C31H35IN2O7S/c1-9-39-30(36)26-18(6)33-31-34(27(26)19-10-11-22(40-16(2)3)23(13-19)37-7)29(35)25(42-31)14-20-12-21(32)15-24(38-8)28(20)41-17(4)5/h10-17,27H,9H2,1-8H3/b25-14+/t27-/m0/s1. The minimum Gasteiger partial charge on any atom is -0.493 e. The number of methoxy groups -OCH3 is 2. The van der Waals surface area contributed by atoms with Gasteiger partial charge in [-0.15, -0.1) is 0 Å². The molecule has 1 aliphatic heterocycles.